The van der Waals surface area contributed by atoms with Crippen molar-refractivity contribution in [3.63, 3.8) is 0 Å². The van der Waals surface area contributed by atoms with Gasteiger partial charge in [0.2, 0.25) is 11.7 Å². The maximum absolute atomic E-state index is 14.0. The smallest absolute Gasteiger partial charge is 0.254 e. The van der Waals surface area contributed by atoms with Gasteiger partial charge in [-0.1, -0.05) is 30.3 Å². The number of carbonyl (C=O) groups excluding carboxylic acids is 1. The molecule has 1 amide bonds. The van der Waals surface area contributed by atoms with Crippen LogP contribution in [-0.4, -0.2) is 85.4 Å². The summed E-state index contributed by atoms with van der Waals surface area (Å²) in [6.07, 6.45) is 8.44. The van der Waals surface area contributed by atoms with Crippen LogP contribution in [0.4, 0.5) is 5.95 Å². The predicted octanol–water partition coefficient (Wildman–Crippen LogP) is 7.27. The Labute approximate surface area is 306 Å². The van der Waals surface area contributed by atoms with Crippen LogP contribution in [0.3, 0.4) is 0 Å². The van der Waals surface area contributed by atoms with Crippen LogP contribution in [0.2, 0.25) is 0 Å². The maximum Gasteiger partial charge on any atom is 0.254 e. The van der Waals surface area contributed by atoms with E-state index < -0.39 is 0 Å². The average molecular weight is 706 g/mol. The number of anilines is 1. The van der Waals surface area contributed by atoms with E-state index in [-0.39, 0.29) is 11.3 Å². The minimum absolute atomic E-state index is 0.0207. The molecule has 274 valence electrons. The number of ether oxygens (including phenoxy) is 3. The number of aryl methyl sites for hydroxylation is 4. The molecular formula is C42H51N5O5. The zero-order valence-electron chi connectivity index (χ0n) is 31.1. The molecule has 2 aromatic heterocycles. The SMILES string of the molecule is COc1cc(C(=O)N2CCC(CCN3CCC(Nc4nc5ccccc5n4CCc4ccoc4)CC3)(c3ccc(C)c(C)c3)C2)cc(OC)c1OC. The molecule has 2 saturated heterocycles. The first-order valence-corrected chi connectivity index (χ1v) is 18.4. The molecule has 2 fully saturated rings. The van der Waals surface area contributed by atoms with Gasteiger partial charge in [-0.3, -0.25) is 4.79 Å². The number of methoxy groups -OCH3 is 3. The van der Waals surface area contributed by atoms with Crippen LogP contribution in [0.15, 0.2) is 77.6 Å². The van der Waals surface area contributed by atoms with Gasteiger partial charge in [0.05, 0.1) is 44.9 Å². The number of aromatic nitrogens is 2. The average Bonchev–Trinajstić information content (AvgIpc) is 3.93. The number of rotatable bonds is 13. The normalized spacial score (nSPS) is 18.2. The Morgan fingerprint density at radius 3 is 2.38 bits per heavy atom. The second kappa shape index (κ2) is 15.3. The van der Waals surface area contributed by atoms with Gasteiger partial charge in [-0.2, -0.15) is 0 Å². The van der Waals surface area contributed by atoms with E-state index in [1.807, 2.05) is 17.2 Å². The van der Waals surface area contributed by atoms with Gasteiger partial charge < -0.3 is 38.3 Å². The molecule has 2 aliphatic heterocycles. The van der Waals surface area contributed by atoms with Crippen LogP contribution in [0.1, 0.15) is 58.3 Å². The summed E-state index contributed by atoms with van der Waals surface area (Å²) >= 11 is 0. The molecule has 1 unspecified atom stereocenters. The van der Waals surface area contributed by atoms with Crippen molar-refractivity contribution < 1.29 is 23.4 Å². The first-order valence-electron chi connectivity index (χ1n) is 18.4. The number of amides is 1. The number of hydrogen-bond acceptors (Lipinski definition) is 8. The molecule has 4 heterocycles. The van der Waals surface area contributed by atoms with E-state index >= 15 is 0 Å². The summed E-state index contributed by atoms with van der Waals surface area (Å²) in [7, 11) is 4.72. The molecule has 10 heteroatoms. The summed E-state index contributed by atoms with van der Waals surface area (Å²) in [4.78, 5) is 23.7. The highest BCUT2D eigenvalue weighted by molar-refractivity contribution is 5.96. The number of piperidine rings is 1. The highest BCUT2D eigenvalue weighted by atomic mass is 16.5. The number of furan rings is 1. The minimum atomic E-state index is -0.135. The van der Waals surface area contributed by atoms with E-state index in [1.165, 1.54) is 22.3 Å². The fourth-order valence-electron chi connectivity index (χ4n) is 8.03. The Hall–Kier alpha value is -4.96. The number of likely N-dealkylation sites (tertiary alicyclic amines) is 2. The summed E-state index contributed by atoms with van der Waals surface area (Å²) in [6.45, 7) is 9.55. The molecule has 0 aliphatic carbocycles. The fourth-order valence-corrected chi connectivity index (χ4v) is 8.03. The first kappa shape index (κ1) is 35.4. The number of carbonyl (C=O) groups is 1. The summed E-state index contributed by atoms with van der Waals surface area (Å²) in [5.41, 5.74) is 7.64. The van der Waals surface area contributed by atoms with E-state index in [0.717, 1.165) is 75.3 Å². The standard InChI is InChI=1S/C42H51N5O5/c1-29-10-11-33(24-30(29)2)42(17-22-46(28-42)40(48)32-25-37(49-3)39(51-5)38(26-32)50-4)16-21-45-18-13-34(14-19-45)43-41-44-35-8-6-7-9-36(35)47(41)20-12-31-15-23-52-27-31/h6-11,15,23-27,34H,12-14,16-22,28H2,1-5H3,(H,43,44). The molecule has 2 aliphatic rings. The van der Waals surface area contributed by atoms with Gasteiger partial charge in [-0.15, -0.1) is 0 Å². The largest absolute Gasteiger partial charge is 0.493 e. The summed E-state index contributed by atoms with van der Waals surface area (Å²) < 4.78 is 24.3. The zero-order chi connectivity index (χ0) is 36.2. The van der Waals surface area contributed by atoms with Gasteiger partial charge in [0.1, 0.15) is 0 Å². The third-order valence-electron chi connectivity index (χ3n) is 11.4. The lowest BCUT2D eigenvalue weighted by molar-refractivity contribution is 0.0779. The minimum Gasteiger partial charge on any atom is -0.493 e. The van der Waals surface area contributed by atoms with E-state index in [4.69, 9.17) is 23.6 Å². The Morgan fingerprint density at radius 2 is 1.69 bits per heavy atom. The van der Waals surface area contributed by atoms with Crippen LogP contribution < -0.4 is 19.5 Å². The van der Waals surface area contributed by atoms with Crippen LogP contribution in [0.25, 0.3) is 11.0 Å². The third kappa shape index (κ3) is 7.21. The summed E-state index contributed by atoms with van der Waals surface area (Å²) in [6, 6.07) is 21.1. The van der Waals surface area contributed by atoms with Crippen LogP contribution in [0.5, 0.6) is 17.2 Å². The molecule has 0 radical (unpaired) electrons. The number of hydrogen-bond donors (Lipinski definition) is 1. The number of fused-ring (bicyclic) bond motifs is 1. The van der Waals surface area contributed by atoms with E-state index in [2.05, 4.69) is 71.1 Å². The van der Waals surface area contributed by atoms with Crippen molar-refractivity contribution in [2.45, 2.75) is 64.0 Å². The highest BCUT2D eigenvalue weighted by Crippen LogP contribution is 2.42. The van der Waals surface area contributed by atoms with Crippen molar-refractivity contribution in [3.05, 3.63) is 101 Å². The van der Waals surface area contributed by atoms with Crippen LogP contribution in [-0.2, 0) is 18.4 Å². The summed E-state index contributed by atoms with van der Waals surface area (Å²) in [5.74, 6) is 2.37. The molecule has 10 nitrogen and oxygen atoms in total. The van der Waals surface area contributed by atoms with Gasteiger partial charge in [-0.25, -0.2) is 4.98 Å². The monoisotopic (exact) mass is 705 g/mol. The van der Waals surface area contributed by atoms with Gasteiger partial charge in [-0.05, 0) is 105 Å². The quantitative estimate of drug-likeness (QED) is 0.137. The van der Waals surface area contributed by atoms with Gasteiger partial charge in [0.25, 0.3) is 5.91 Å². The van der Waals surface area contributed by atoms with Crippen LogP contribution >= 0.6 is 0 Å². The molecular weight excluding hydrogens is 654 g/mol. The lowest BCUT2D eigenvalue weighted by Gasteiger charge is -2.36. The van der Waals surface area contributed by atoms with Crippen LogP contribution in [0, 0.1) is 13.8 Å². The highest BCUT2D eigenvalue weighted by Gasteiger charge is 2.42. The van der Waals surface area contributed by atoms with Crippen molar-refractivity contribution in [1.82, 2.24) is 19.4 Å². The van der Waals surface area contributed by atoms with Gasteiger partial charge in [0.15, 0.2) is 11.5 Å². The van der Waals surface area contributed by atoms with Crippen molar-refractivity contribution in [2.75, 3.05) is 59.4 Å². The zero-order valence-corrected chi connectivity index (χ0v) is 31.1. The lowest BCUT2D eigenvalue weighted by atomic mass is 9.75. The number of nitrogens with zero attached hydrogens (tertiary/aromatic N) is 4. The number of nitrogens with one attached hydrogen (secondary N) is 1. The van der Waals surface area contributed by atoms with E-state index in [1.54, 1.807) is 39.7 Å². The topological polar surface area (TPSA) is 94.2 Å². The maximum atomic E-state index is 14.0. The molecule has 3 aromatic carbocycles. The van der Waals surface area contributed by atoms with Crippen molar-refractivity contribution in [1.29, 1.82) is 0 Å². The van der Waals surface area contributed by atoms with E-state index in [0.29, 0.717) is 41.9 Å². The second-order valence-electron chi connectivity index (χ2n) is 14.4. The fraction of sp³-hybridized carbons (Fsp3) is 0.429. The Kier molecular flexibility index (Phi) is 10.5. The third-order valence-corrected chi connectivity index (χ3v) is 11.4. The molecule has 7 rings (SSSR count). The molecule has 5 aromatic rings. The molecule has 0 saturated carbocycles. The predicted molar refractivity (Wildman–Crippen MR) is 204 cm³/mol. The van der Waals surface area contributed by atoms with Crippen molar-refractivity contribution in [2.24, 2.45) is 0 Å². The van der Waals surface area contributed by atoms with Gasteiger partial charge in [0, 0.05) is 49.7 Å². The van der Waals surface area contributed by atoms with Gasteiger partial charge >= 0.3 is 0 Å². The molecule has 0 bridgehead atoms. The number of para-hydroxylation sites is 2. The first-order chi connectivity index (χ1) is 25.3. The Bertz CT molecular complexity index is 1970. The Morgan fingerprint density at radius 1 is 0.923 bits per heavy atom. The molecule has 1 N–H and O–H groups in total. The van der Waals surface area contributed by atoms with E-state index in [9.17, 15) is 4.79 Å². The summed E-state index contributed by atoms with van der Waals surface area (Å²) in [5, 5.41) is 3.82. The molecule has 1 atom stereocenters. The number of imidazole rings is 1. The molecule has 0 spiro atoms. The lowest BCUT2D eigenvalue weighted by Crippen LogP contribution is -2.42. The Balaban J connectivity index is 1.03. The van der Waals surface area contributed by atoms with Crippen molar-refractivity contribution in [3.8, 4) is 17.2 Å². The van der Waals surface area contributed by atoms with Crippen molar-refractivity contribution >= 4 is 22.9 Å². The number of benzene rings is 3. The molecule has 52 heavy (non-hydrogen) atoms. The second-order valence-corrected chi connectivity index (χ2v) is 14.4.